The molecule has 16 heavy (non-hydrogen) atoms. The van der Waals surface area contributed by atoms with Crippen molar-refractivity contribution in [1.82, 2.24) is 0 Å². The van der Waals surface area contributed by atoms with E-state index in [1.54, 1.807) is 14.0 Å². The van der Waals surface area contributed by atoms with Gasteiger partial charge in [0.15, 0.2) is 0 Å². The lowest BCUT2D eigenvalue weighted by Gasteiger charge is -2.40. The smallest absolute Gasteiger partial charge is 0.124 e. The van der Waals surface area contributed by atoms with Gasteiger partial charge in [0.25, 0.3) is 0 Å². The topological polar surface area (TPSA) is 55.5 Å². The highest BCUT2D eigenvalue weighted by Gasteiger charge is 2.41. The van der Waals surface area contributed by atoms with Crippen LogP contribution in [0.5, 0.6) is 5.75 Å². The number of hydrogen-bond donors (Lipinski definition) is 2. The normalized spacial score (nSPS) is 15.6. The van der Waals surface area contributed by atoms with E-state index in [-0.39, 0.29) is 0 Å². The standard InChI is InChI=1S/C13H21NO2/c1-12(2,9-14)13(3,15)10-7-5-6-8-11(10)16-4/h5-8,15H,9,14H2,1-4H3. The van der Waals surface area contributed by atoms with Gasteiger partial charge in [0.2, 0.25) is 0 Å². The summed E-state index contributed by atoms with van der Waals surface area (Å²) in [6.07, 6.45) is 0. The predicted octanol–water partition coefficient (Wildman–Crippen LogP) is 1.89. The Labute approximate surface area is 97.2 Å². The third-order valence-corrected chi connectivity index (χ3v) is 3.46. The van der Waals surface area contributed by atoms with Crippen molar-refractivity contribution in [2.75, 3.05) is 13.7 Å². The van der Waals surface area contributed by atoms with Gasteiger partial charge in [-0.25, -0.2) is 0 Å². The van der Waals surface area contributed by atoms with E-state index in [0.29, 0.717) is 12.3 Å². The third kappa shape index (κ3) is 2.06. The second-order valence-corrected chi connectivity index (χ2v) is 4.86. The number of ether oxygens (including phenoxy) is 1. The number of rotatable bonds is 4. The summed E-state index contributed by atoms with van der Waals surface area (Å²) in [5, 5.41) is 10.7. The Bertz CT molecular complexity index is 359. The zero-order chi connectivity index (χ0) is 12.4. The zero-order valence-electron chi connectivity index (χ0n) is 10.4. The maximum Gasteiger partial charge on any atom is 0.124 e. The molecule has 3 nitrogen and oxygen atoms in total. The van der Waals surface area contributed by atoms with Crippen LogP contribution >= 0.6 is 0 Å². The molecule has 0 saturated carbocycles. The number of nitrogens with two attached hydrogens (primary N) is 1. The van der Waals surface area contributed by atoms with Crippen LogP contribution in [0.1, 0.15) is 26.3 Å². The Morgan fingerprint density at radius 1 is 1.25 bits per heavy atom. The van der Waals surface area contributed by atoms with E-state index >= 15 is 0 Å². The molecule has 0 aromatic heterocycles. The molecule has 1 aromatic carbocycles. The Balaban J connectivity index is 3.26. The van der Waals surface area contributed by atoms with Crippen LogP contribution in [0.25, 0.3) is 0 Å². The Hall–Kier alpha value is -1.06. The SMILES string of the molecule is COc1ccccc1C(C)(O)C(C)(C)CN. The van der Waals surface area contributed by atoms with Crippen molar-refractivity contribution in [3.05, 3.63) is 29.8 Å². The first kappa shape index (κ1) is 13.0. The lowest BCUT2D eigenvalue weighted by Crippen LogP contribution is -2.44. The largest absolute Gasteiger partial charge is 0.496 e. The van der Waals surface area contributed by atoms with Crippen LogP contribution in [-0.4, -0.2) is 18.8 Å². The van der Waals surface area contributed by atoms with Gasteiger partial charge in [-0.1, -0.05) is 32.0 Å². The van der Waals surface area contributed by atoms with Crippen molar-refractivity contribution in [3.63, 3.8) is 0 Å². The highest BCUT2D eigenvalue weighted by Crippen LogP contribution is 2.42. The predicted molar refractivity (Wildman–Crippen MR) is 65.4 cm³/mol. The lowest BCUT2D eigenvalue weighted by atomic mass is 9.72. The van der Waals surface area contributed by atoms with Crippen molar-refractivity contribution < 1.29 is 9.84 Å². The van der Waals surface area contributed by atoms with Crippen molar-refractivity contribution in [2.45, 2.75) is 26.4 Å². The van der Waals surface area contributed by atoms with E-state index in [0.717, 1.165) is 5.56 Å². The molecule has 90 valence electrons. The third-order valence-electron chi connectivity index (χ3n) is 3.46. The molecule has 0 radical (unpaired) electrons. The lowest BCUT2D eigenvalue weighted by molar-refractivity contribution is -0.0536. The molecule has 3 N–H and O–H groups in total. The number of hydrogen-bond acceptors (Lipinski definition) is 3. The average molecular weight is 223 g/mol. The molecule has 0 aliphatic heterocycles. The molecule has 0 heterocycles. The molecule has 0 saturated heterocycles. The van der Waals surface area contributed by atoms with E-state index < -0.39 is 11.0 Å². The first-order chi connectivity index (χ1) is 7.36. The summed E-state index contributed by atoms with van der Waals surface area (Å²) in [7, 11) is 1.60. The van der Waals surface area contributed by atoms with Crippen molar-refractivity contribution in [1.29, 1.82) is 0 Å². The fourth-order valence-electron chi connectivity index (χ4n) is 1.61. The summed E-state index contributed by atoms with van der Waals surface area (Å²) >= 11 is 0. The molecular weight excluding hydrogens is 202 g/mol. The van der Waals surface area contributed by atoms with E-state index in [2.05, 4.69) is 0 Å². The van der Waals surface area contributed by atoms with Crippen molar-refractivity contribution in [3.8, 4) is 5.75 Å². The minimum atomic E-state index is -1.02. The molecule has 0 spiro atoms. The molecule has 1 rings (SSSR count). The Morgan fingerprint density at radius 2 is 1.81 bits per heavy atom. The summed E-state index contributed by atoms with van der Waals surface area (Å²) in [6, 6.07) is 7.49. The number of methoxy groups -OCH3 is 1. The van der Waals surface area contributed by atoms with Gasteiger partial charge in [-0.05, 0) is 13.0 Å². The fourth-order valence-corrected chi connectivity index (χ4v) is 1.61. The molecule has 0 amide bonds. The van der Waals surface area contributed by atoms with Gasteiger partial charge >= 0.3 is 0 Å². The fraction of sp³-hybridized carbons (Fsp3) is 0.538. The summed E-state index contributed by atoms with van der Waals surface area (Å²) in [4.78, 5) is 0. The van der Waals surface area contributed by atoms with Gasteiger partial charge in [-0.3, -0.25) is 0 Å². The van der Waals surface area contributed by atoms with E-state index in [9.17, 15) is 5.11 Å². The first-order valence-corrected chi connectivity index (χ1v) is 5.43. The number of benzene rings is 1. The number of aliphatic hydroxyl groups is 1. The van der Waals surface area contributed by atoms with Crippen LogP contribution < -0.4 is 10.5 Å². The molecule has 0 fully saturated rings. The second-order valence-electron chi connectivity index (χ2n) is 4.86. The van der Waals surface area contributed by atoms with E-state index in [1.165, 1.54) is 0 Å². The maximum absolute atomic E-state index is 10.7. The molecule has 0 aliphatic rings. The Kier molecular flexibility index (Phi) is 3.61. The number of para-hydroxylation sites is 1. The van der Waals surface area contributed by atoms with Gasteiger partial charge in [0.05, 0.1) is 12.7 Å². The van der Waals surface area contributed by atoms with E-state index in [1.807, 2.05) is 38.1 Å². The zero-order valence-corrected chi connectivity index (χ0v) is 10.4. The molecule has 1 aromatic rings. The van der Waals surface area contributed by atoms with Crippen LogP contribution in [-0.2, 0) is 5.60 Å². The minimum Gasteiger partial charge on any atom is -0.496 e. The van der Waals surface area contributed by atoms with Crippen LogP contribution in [0.2, 0.25) is 0 Å². The quantitative estimate of drug-likeness (QED) is 0.819. The van der Waals surface area contributed by atoms with Gasteiger partial charge < -0.3 is 15.6 Å². The van der Waals surface area contributed by atoms with Crippen LogP contribution in [0.3, 0.4) is 0 Å². The Morgan fingerprint density at radius 3 is 2.31 bits per heavy atom. The second kappa shape index (κ2) is 4.44. The van der Waals surface area contributed by atoms with Gasteiger partial charge in [-0.2, -0.15) is 0 Å². The molecule has 1 unspecified atom stereocenters. The van der Waals surface area contributed by atoms with E-state index in [4.69, 9.17) is 10.5 Å². The molecule has 0 bridgehead atoms. The van der Waals surface area contributed by atoms with Crippen LogP contribution in [0, 0.1) is 5.41 Å². The maximum atomic E-state index is 10.7. The van der Waals surface area contributed by atoms with Crippen molar-refractivity contribution in [2.24, 2.45) is 11.1 Å². The van der Waals surface area contributed by atoms with Gasteiger partial charge in [0.1, 0.15) is 5.75 Å². The average Bonchev–Trinajstić information content (AvgIpc) is 2.28. The van der Waals surface area contributed by atoms with Crippen LogP contribution in [0.4, 0.5) is 0 Å². The molecule has 0 aliphatic carbocycles. The summed E-state index contributed by atoms with van der Waals surface area (Å²) in [5.41, 5.74) is 5.06. The molecule has 3 heteroatoms. The minimum absolute atomic E-state index is 0.401. The summed E-state index contributed by atoms with van der Waals surface area (Å²) < 4.78 is 5.27. The highest BCUT2D eigenvalue weighted by atomic mass is 16.5. The van der Waals surface area contributed by atoms with Crippen molar-refractivity contribution >= 4 is 0 Å². The summed E-state index contributed by atoms with van der Waals surface area (Å²) in [5.74, 6) is 0.689. The molecule has 1 atom stereocenters. The van der Waals surface area contributed by atoms with Gasteiger partial charge in [0, 0.05) is 17.5 Å². The van der Waals surface area contributed by atoms with Crippen LogP contribution in [0.15, 0.2) is 24.3 Å². The summed E-state index contributed by atoms with van der Waals surface area (Å²) in [6.45, 7) is 6.06. The highest BCUT2D eigenvalue weighted by molar-refractivity contribution is 5.38. The first-order valence-electron chi connectivity index (χ1n) is 5.43. The van der Waals surface area contributed by atoms with Gasteiger partial charge in [-0.15, -0.1) is 0 Å². The monoisotopic (exact) mass is 223 g/mol. The molecular formula is C13H21NO2.